The fourth-order valence-electron chi connectivity index (χ4n) is 2.34. The molecule has 0 bridgehead atoms. The van der Waals surface area contributed by atoms with Crippen molar-refractivity contribution in [1.82, 2.24) is 4.90 Å². The maximum atomic E-state index is 12.5. The zero-order chi connectivity index (χ0) is 13.3. The van der Waals surface area contributed by atoms with Gasteiger partial charge in [-0.3, -0.25) is 4.79 Å². The van der Waals surface area contributed by atoms with Gasteiger partial charge in [0.05, 0.1) is 0 Å². The summed E-state index contributed by atoms with van der Waals surface area (Å²) in [4.78, 5) is 14.3. The lowest BCUT2D eigenvalue weighted by Crippen LogP contribution is -2.38. The van der Waals surface area contributed by atoms with Gasteiger partial charge >= 0.3 is 0 Å². The van der Waals surface area contributed by atoms with E-state index < -0.39 is 0 Å². The number of halogens is 3. The number of amides is 1. The van der Waals surface area contributed by atoms with E-state index in [1.165, 1.54) is 0 Å². The van der Waals surface area contributed by atoms with Crippen LogP contribution in [0.25, 0.3) is 0 Å². The van der Waals surface area contributed by atoms with Gasteiger partial charge in [-0.15, -0.1) is 11.6 Å². The van der Waals surface area contributed by atoms with Crippen molar-refractivity contribution in [3.63, 3.8) is 0 Å². The lowest BCUT2D eigenvalue weighted by molar-refractivity contribution is 0.0737. The van der Waals surface area contributed by atoms with E-state index in [1.54, 1.807) is 18.2 Å². The SMILES string of the molecule is CC1CCN(C(=O)c2cc(Cl)cc(Br)c2)C1CCl. The molecule has 1 heterocycles. The number of hydrogen-bond acceptors (Lipinski definition) is 1. The Morgan fingerprint density at radius 3 is 2.83 bits per heavy atom. The molecule has 2 atom stereocenters. The summed E-state index contributed by atoms with van der Waals surface area (Å²) in [5, 5.41) is 0.558. The Hall–Kier alpha value is -0.250. The van der Waals surface area contributed by atoms with Crippen LogP contribution >= 0.6 is 39.1 Å². The number of benzene rings is 1. The molecule has 1 amide bonds. The van der Waals surface area contributed by atoms with E-state index in [2.05, 4.69) is 22.9 Å². The van der Waals surface area contributed by atoms with E-state index in [1.807, 2.05) is 4.90 Å². The molecule has 2 nitrogen and oxygen atoms in total. The quantitative estimate of drug-likeness (QED) is 0.732. The van der Waals surface area contributed by atoms with E-state index in [4.69, 9.17) is 23.2 Å². The Bertz CT molecular complexity index is 446. The largest absolute Gasteiger partial charge is 0.334 e. The van der Waals surface area contributed by atoms with Gasteiger partial charge < -0.3 is 4.90 Å². The highest BCUT2D eigenvalue weighted by molar-refractivity contribution is 9.10. The van der Waals surface area contributed by atoms with Gasteiger partial charge in [0, 0.05) is 33.5 Å². The number of nitrogens with zero attached hydrogens (tertiary/aromatic N) is 1. The Balaban J connectivity index is 2.25. The summed E-state index contributed by atoms with van der Waals surface area (Å²) in [6.07, 6.45) is 1.00. The molecule has 0 aliphatic carbocycles. The van der Waals surface area contributed by atoms with E-state index in [-0.39, 0.29) is 11.9 Å². The lowest BCUT2D eigenvalue weighted by Gasteiger charge is -2.25. The first kappa shape index (κ1) is 14.2. The number of rotatable bonds is 2. The van der Waals surface area contributed by atoms with Gasteiger partial charge in [0.25, 0.3) is 5.91 Å². The van der Waals surface area contributed by atoms with E-state index in [0.717, 1.165) is 17.4 Å². The van der Waals surface area contributed by atoms with Gasteiger partial charge in [-0.25, -0.2) is 0 Å². The first-order valence-corrected chi connectivity index (χ1v) is 7.56. The molecule has 1 aromatic rings. The molecule has 1 aliphatic heterocycles. The smallest absolute Gasteiger partial charge is 0.254 e. The molecule has 1 saturated heterocycles. The fraction of sp³-hybridized carbons (Fsp3) is 0.462. The number of hydrogen-bond donors (Lipinski definition) is 0. The predicted octanol–water partition coefficient (Wildman–Crippen LogP) is 4.19. The molecule has 0 radical (unpaired) electrons. The van der Waals surface area contributed by atoms with Crippen LogP contribution in [0, 0.1) is 5.92 Å². The van der Waals surface area contributed by atoms with E-state index in [9.17, 15) is 4.79 Å². The summed E-state index contributed by atoms with van der Waals surface area (Å²) >= 11 is 15.3. The van der Waals surface area contributed by atoms with Crippen LogP contribution in [0.3, 0.4) is 0 Å². The van der Waals surface area contributed by atoms with Crippen molar-refractivity contribution >= 4 is 45.0 Å². The number of carbonyl (C=O) groups is 1. The van der Waals surface area contributed by atoms with Gasteiger partial charge in [0.2, 0.25) is 0 Å². The molecular formula is C13H14BrCl2NO. The normalized spacial score (nSPS) is 23.4. The standard InChI is InChI=1S/C13H14BrCl2NO/c1-8-2-3-17(12(8)7-15)13(18)9-4-10(14)6-11(16)5-9/h4-6,8,12H,2-3,7H2,1H3. The second kappa shape index (κ2) is 5.81. The summed E-state index contributed by atoms with van der Waals surface area (Å²) in [5.74, 6) is 0.941. The average molecular weight is 351 g/mol. The van der Waals surface area contributed by atoms with Gasteiger partial charge in [-0.05, 0) is 30.5 Å². The predicted molar refractivity (Wildman–Crippen MR) is 78.5 cm³/mol. The number of alkyl halides is 1. The van der Waals surface area contributed by atoms with Crippen molar-refractivity contribution in [3.05, 3.63) is 33.3 Å². The topological polar surface area (TPSA) is 20.3 Å². The monoisotopic (exact) mass is 349 g/mol. The summed E-state index contributed by atoms with van der Waals surface area (Å²) in [5.41, 5.74) is 0.610. The Morgan fingerprint density at radius 2 is 2.22 bits per heavy atom. The van der Waals surface area contributed by atoms with Crippen LogP contribution in [0.15, 0.2) is 22.7 Å². The number of carbonyl (C=O) groups excluding carboxylic acids is 1. The van der Waals surface area contributed by atoms with Gasteiger partial charge in [0.1, 0.15) is 0 Å². The highest BCUT2D eigenvalue weighted by Crippen LogP contribution is 2.28. The van der Waals surface area contributed by atoms with Crippen LogP contribution in [0.1, 0.15) is 23.7 Å². The minimum Gasteiger partial charge on any atom is -0.334 e. The third-order valence-electron chi connectivity index (χ3n) is 3.41. The zero-order valence-electron chi connectivity index (χ0n) is 10.00. The Kier molecular flexibility index (Phi) is 4.57. The molecule has 2 unspecified atom stereocenters. The Labute approximate surface area is 125 Å². The maximum absolute atomic E-state index is 12.5. The first-order valence-electron chi connectivity index (χ1n) is 5.86. The molecule has 1 aromatic carbocycles. The molecule has 0 N–H and O–H groups in total. The van der Waals surface area contributed by atoms with Crippen LogP contribution < -0.4 is 0 Å². The third-order valence-corrected chi connectivity index (χ3v) is 4.40. The second-order valence-corrected chi connectivity index (χ2v) is 6.30. The minimum absolute atomic E-state index is 0.00759. The van der Waals surface area contributed by atoms with Crippen LogP contribution in [0.4, 0.5) is 0 Å². The summed E-state index contributed by atoms with van der Waals surface area (Å²) in [6.45, 7) is 2.90. The summed E-state index contributed by atoms with van der Waals surface area (Å²) in [6, 6.07) is 5.38. The van der Waals surface area contributed by atoms with E-state index >= 15 is 0 Å². The van der Waals surface area contributed by atoms with Crippen molar-refractivity contribution in [2.75, 3.05) is 12.4 Å². The molecule has 1 aliphatic rings. The highest BCUT2D eigenvalue weighted by Gasteiger charge is 2.34. The molecule has 0 aromatic heterocycles. The van der Waals surface area contributed by atoms with Crippen LogP contribution in [0.5, 0.6) is 0 Å². The molecule has 0 saturated carbocycles. The first-order chi connectivity index (χ1) is 8.52. The second-order valence-electron chi connectivity index (χ2n) is 4.64. The molecule has 18 heavy (non-hydrogen) atoms. The number of likely N-dealkylation sites (tertiary alicyclic amines) is 1. The third kappa shape index (κ3) is 2.84. The summed E-state index contributed by atoms with van der Waals surface area (Å²) < 4.78 is 0.813. The van der Waals surface area contributed by atoms with Crippen molar-refractivity contribution < 1.29 is 4.79 Å². The van der Waals surface area contributed by atoms with Crippen molar-refractivity contribution in [2.24, 2.45) is 5.92 Å². The van der Waals surface area contributed by atoms with Crippen molar-refractivity contribution in [2.45, 2.75) is 19.4 Å². The van der Waals surface area contributed by atoms with Crippen molar-refractivity contribution in [3.8, 4) is 0 Å². The fourth-order valence-corrected chi connectivity index (χ4v) is 3.67. The summed E-state index contributed by atoms with van der Waals surface area (Å²) in [7, 11) is 0. The van der Waals surface area contributed by atoms with Gasteiger partial charge in [-0.2, -0.15) is 0 Å². The zero-order valence-corrected chi connectivity index (χ0v) is 13.1. The average Bonchev–Trinajstić information content (AvgIpc) is 2.68. The van der Waals surface area contributed by atoms with Gasteiger partial charge in [0.15, 0.2) is 0 Å². The maximum Gasteiger partial charge on any atom is 0.254 e. The molecule has 1 fully saturated rings. The molecular weight excluding hydrogens is 337 g/mol. The highest BCUT2D eigenvalue weighted by atomic mass is 79.9. The molecule has 98 valence electrons. The van der Waals surface area contributed by atoms with Crippen LogP contribution in [-0.2, 0) is 0 Å². The van der Waals surface area contributed by atoms with Crippen LogP contribution in [-0.4, -0.2) is 29.3 Å². The van der Waals surface area contributed by atoms with Crippen LogP contribution in [0.2, 0.25) is 5.02 Å². The molecule has 0 spiro atoms. The molecule has 5 heteroatoms. The van der Waals surface area contributed by atoms with Crippen molar-refractivity contribution in [1.29, 1.82) is 0 Å². The van der Waals surface area contributed by atoms with E-state index in [0.29, 0.717) is 22.4 Å². The lowest BCUT2D eigenvalue weighted by atomic mass is 10.0. The molecule has 2 rings (SSSR count). The Morgan fingerprint density at radius 1 is 1.50 bits per heavy atom. The minimum atomic E-state index is 0.00759. The van der Waals surface area contributed by atoms with Gasteiger partial charge in [-0.1, -0.05) is 34.5 Å².